The maximum atomic E-state index is 12.1. The summed E-state index contributed by atoms with van der Waals surface area (Å²) in [6, 6.07) is 7.96. The van der Waals surface area contributed by atoms with Crippen LogP contribution < -0.4 is 14.8 Å². The summed E-state index contributed by atoms with van der Waals surface area (Å²) in [6.45, 7) is 7.78. The van der Waals surface area contributed by atoms with E-state index in [1.54, 1.807) is 0 Å². The van der Waals surface area contributed by atoms with Crippen molar-refractivity contribution in [2.24, 2.45) is 0 Å². The first-order valence-corrected chi connectivity index (χ1v) is 8.06. The summed E-state index contributed by atoms with van der Waals surface area (Å²) in [7, 11) is 0. The van der Waals surface area contributed by atoms with Crippen molar-refractivity contribution in [2.45, 2.75) is 32.7 Å². The largest absolute Gasteiger partial charge is 0.494 e. The molecule has 1 unspecified atom stereocenters. The minimum Gasteiger partial charge on any atom is -0.494 e. The Hall–Kier alpha value is -1.75. The standard InChI is InChI=1S/C17H26N2O3/c1-3-21-15-6-8-16(9-7-15)22-12-4-5-17(20)19-11-10-18-14(2)13-19/h6-9,14,18H,3-5,10-13H2,1-2H3. The predicted octanol–water partition coefficient (Wildman–Crippen LogP) is 2.06. The fourth-order valence-electron chi connectivity index (χ4n) is 2.53. The second-order valence-corrected chi connectivity index (χ2v) is 5.55. The van der Waals surface area contributed by atoms with Crippen LogP contribution in [0.5, 0.6) is 11.5 Å². The van der Waals surface area contributed by atoms with Crippen LogP contribution in [0, 0.1) is 0 Å². The van der Waals surface area contributed by atoms with Crippen molar-refractivity contribution in [3.8, 4) is 11.5 Å². The Balaban J connectivity index is 1.65. The fourth-order valence-corrected chi connectivity index (χ4v) is 2.53. The van der Waals surface area contributed by atoms with E-state index in [2.05, 4.69) is 12.2 Å². The average Bonchev–Trinajstić information content (AvgIpc) is 2.53. The molecule has 0 bridgehead atoms. The molecular formula is C17H26N2O3. The van der Waals surface area contributed by atoms with Crippen LogP contribution in [0.4, 0.5) is 0 Å². The summed E-state index contributed by atoms with van der Waals surface area (Å²) in [5, 5.41) is 3.34. The number of benzene rings is 1. The summed E-state index contributed by atoms with van der Waals surface area (Å²) in [5.74, 6) is 1.88. The Kier molecular flexibility index (Phi) is 6.52. The van der Waals surface area contributed by atoms with E-state index in [1.807, 2.05) is 36.1 Å². The van der Waals surface area contributed by atoms with E-state index in [1.165, 1.54) is 0 Å². The molecule has 1 aromatic carbocycles. The van der Waals surface area contributed by atoms with Gasteiger partial charge in [-0.05, 0) is 44.5 Å². The summed E-state index contributed by atoms with van der Waals surface area (Å²) >= 11 is 0. The Morgan fingerprint density at radius 3 is 2.59 bits per heavy atom. The van der Waals surface area contributed by atoms with E-state index in [4.69, 9.17) is 9.47 Å². The van der Waals surface area contributed by atoms with Gasteiger partial charge in [0.25, 0.3) is 0 Å². The second kappa shape index (κ2) is 8.63. The maximum Gasteiger partial charge on any atom is 0.222 e. The lowest BCUT2D eigenvalue weighted by Gasteiger charge is -2.32. The molecule has 1 fully saturated rings. The SMILES string of the molecule is CCOc1ccc(OCCCC(=O)N2CCNC(C)C2)cc1. The summed E-state index contributed by atoms with van der Waals surface area (Å²) < 4.78 is 11.0. The van der Waals surface area contributed by atoms with Crippen LogP contribution in [0.25, 0.3) is 0 Å². The van der Waals surface area contributed by atoms with Gasteiger partial charge in [0.05, 0.1) is 13.2 Å². The third kappa shape index (κ3) is 5.22. The Labute approximate surface area is 132 Å². The third-order valence-electron chi connectivity index (χ3n) is 3.66. The van der Waals surface area contributed by atoms with Crippen molar-refractivity contribution in [2.75, 3.05) is 32.8 Å². The van der Waals surface area contributed by atoms with Gasteiger partial charge in [-0.15, -0.1) is 0 Å². The molecule has 1 aliphatic heterocycles. The predicted molar refractivity (Wildman–Crippen MR) is 86.4 cm³/mol. The highest BCUT2D eigenvalue weighted by Gasteiger charge is 2.19. The van der Waals surface area contributed by atoms with Crippen molar-refractivity contribution >= 4 is 5.91 Å². The number of amides is 1. The van der Waals surface area contributed by atoms with Crippen molar-refractivity contribution in [1.29, 1.82) is 0 Å². The second-order valence-electron chi connectivity index (χ2n) is 5.55. The summed E-state index contributed by atoms with van der Waals surface area (Å²) in [4.78, 5) is 14.0. The Morgan fingerprint density at radius 1 is 1.27 bits per heavy atom. The minimum atomic E-state index is 0.226. The number of nitrogens with zero attached hydrogens (tertiary/aromatic N) is 1. The lowest BCUT2D eigenvalue weighted by atomic mass is 10.2. The van der Waals surface area contributed by atoms with E-state index in [9.17, 15) is 4.79 Å². The van der Waals surface area contributed by atoms with Crippen molar-refractivity contribution < 1.29 is 14.3 Å². The average molecular weight is 306 g/mol. The highest BCUT2D eigenvalue weighted by molar-refractivity contribution is 5.76. The van der Waals surface area contributed by atoms with Gasteiger partial charge in [-0.2, -0.15) is 0 Å². The minimum absolute atomic E-state index is 0.226. The number of hydrogen-bond donors (Lipinski definition) is 1. The first-order valence-electron chi connectivity index (χ1n) is 8.06. The number of ether oxygens (including phenoxy) is 2. The van der Waals surface area contributed by atoms with Crippen molar-refractivity contribution in [3.63, 3.8) is 0 Å². The number of carbonyl (C=O) groups excluding carboxylic acids is 1. The van der Waals surface area contributed by atoms with Gasteiger partial charge in [-0.1, -0.05) is 0 Å². The fraction of sp³-hybridized carbons (Fsp3) is 0.588. The molecule has 22 heavy (non-hydrogen) atoms. The van der Waals surface area contributed by atoms with E-state index in [0.29, 0.717) is 25.7 Å². The number of carbonyl (C=O) groups is 1. The number of hydrogen-bond acceptors (Lipinski definition) is 4. The Bertz CT molecular complexity index is 461. The number of piperazine rings is 1. The zero-order valence-electron chi connectivity index (χ0n) is 13.5. The molecule has 0 aromatic heterocycles. The quantitative estimate of drug-likeness (QED) is 0.784. The molecule has 1 aromatic rings. The monoisotopic (exact) mass is 306 g/mol. The molecule has 1 atom stereocenters. The lowest BCUT2D eigenvalue weighted by Crippen LogP contribution is -2.51. The lowest BCUT2D eigenvalue weighted by molar-refractivity contribution is -0.132. The molecule has 1 N–H and O–H groups in total. The molecule has 5 heteroatoms. The highest BCUT2D eigenvalue weighted by Crippen LogP contribution is 2.17. The van der Waals surface area contributed by atoms with Crippen molar-refractivity contribution in [3.05, 3.63) is 24.3 Å². The molecular weight excluding hydrogens is 280 g/mol. The summed E-state index contributed by atoms with van der Waals surface area (Å²) in [6.07, 6.45) is 1.29. The van der Waals surface area contributed by atoms with Crippen LogP contribution in [-0.2, 0) is 4.79 Å². The van der Waals surface area contributed by atoms with Gasteiger partial charge in [-0.3, -0.25) is 4.79 Å². The Morgan fingerprint density at radius 2 is 1.95 bits per heavy atom. The van der Waals surface area contributed by atoms with Crippen LogP contribution in [0.15, 0.2) is 24.3 Å². The van der Waals surface area contributed by atoms with Crippen LogP contribution in [0.3, 0.4) is 0 Å². The molecule has 1 aliphatic rings. The highest BCUT2D eigenvalue weighted by atomic mass is 16.5. The zero-order valence-corrected chi connectivity index (χ0v) is 13.5. The maximum absolute atomic E-state index is 12.1. The van der Waals surface area contributed by atoms with Crippen LogP contribution in [-0.4, -0.2) is 49.7 Å². The molecule has 5 nitrogen and oxygen atoms in total. The van der Waals surface area contributed by atoms with Gasteiger partial charge in [0.15, 0.2) is 0 Å². The number of nitrogens with one attached hydrogen (secondary N) is 1. The van der Waals surface area contributed by atoms with Gasteiger partial charge in [-0.25, -0.2) is 0 Å². The van der Waals surface area contributed by atoms with Gasteiger partial charge in [0.1, 0.15) is 11.5 Å². The van der Waals surface area contributed by atoms with Gasteiger partial charge < -0.3 is 19.7 Å². The van der Waals surface area contributed by atoms with E-state index >= 15 is 0 Å². The molecule has 0 spiro atoms. The molecule has 0 aliphatic carbocycles. The van der Waals surface area contributed by atoms with Gasteiger partial charge in [0, 0.05) is 32.1 Å². The first-order chi connectivity index (χ1) is 10.7. The van der Waals surface area contributed by atoms with Crippen molar-refractivity contribution in [1.82, 2.24) is 10.2 Å². The van der Waals surface area contributed by atoms with E-state index in [-0.39, 0.29) is 5.91 Å². The van der Waals surface area contributed by atoms with E-state index < -0.39 is 0 Å². The molecule has 1 saturated heterocycles. The van der Waals surface area contributed by atoms with Gasteiger partial charge >= 0.3 is 0 Å². The summed E-state index contributed by atoms with van der Waals surface area (Å²) in [5.41, 5.74) is 0. The van der Waals surface area contributed by atoms with E-state index in [0.717, 1.165) is 37.6 Å². The third-order valence-corrected chi connectivity index (χ3v) is 3.66. The molecule has 2 rings (SSSR count). The van der Waals surface area contributed by atoms with Gasteiger partial charge in [0.2, 0.25) is 5.91 Å². The topological polar surface area (TPSA) is 50.8 Å². The molecule has 122 valence electrons. The molecule has 0 saturated carbocycles. The van der Waals surface area contributed by atoms with Crippen LogP contribution >= 0.6 is 0 Å². The van der Waals surface area contributed by atoms with Crippen LogP contribution in [0.1, 0.15) is 26.7 Å². The normalized spacial score (nSPS) is 18.1. The molecule has 0 radical (unpaired) electrons. The number of rotatable bonds is 7. The van der Waals surface area contributed by atoms with Crippen LogP contribution in [0.2, 0.25) is 0 Å². The smallest absolute Gasteiger partial charge is 0.222 e. The molecule has 1 amide bonds. The molecule has 1 heterocycles. The first kappa shape index (κ1) is 16.6. The zero-order chi connectivity index (χ0) is 15.8.